The standard InChI is InChI=1S/C11H13N5O2/c1-16-3-2-14-10(16)6-12-5-9-8(11(17)18)4-13-7-15-9/h2-4,7,12H,5-6H2,1H3,(H,17,18). The second kappa shape index (κ2) is 5.37. The highest BCUT2D eigenvalue weighted by atomic mass is 16.4. The Morgan fingerprint density at radius 1 is 1.44 bits per heavy atom. The van der Waals surface area contributed by atoms with Crippen molar-refractivity contribution in [2.75, 3.05) is 0 Å². The van der Waals surface area contributed by atoms with E-state index in [0.717, 1.165) is 5.82 Å². The molecule has 0 aliphatic heterocycles. The number of nitrogens with one attached hydrogen (secondary N) is 1. The molecular weight excluding hydrogens is 234 g/mol. The van der Waals surface area contributed by atoms with Crippen LogP contribution in [-0.4, -0.2) is 30.6 Å². The zero-order chi connectivity index (χ0) is 13.0. The number of carboxylic acids is 1. The van der Waals surface area contributed by atoms with E-state index in [1.807, 2.05) is 17.8 Å². The number of rotatable bonds is 5. The third-order valence-corrected chi connectivity index (χ3v) is 2.52. The third-order valence-electron chi connectivity index (χ3n) is 2.52. The maximum atomic E-state index is 10.9. The van der Waals surface area contributed by atoms with Crippen LogP contribution in [0.1, 0.15) is 21.9 Å². The summed E-state index contributed by atoms with van der Waals surface area (Å²) in [7, 11) is 1.90. The molecular formula is C11H13N5O2. The van der Waals surface area contributed by atoms with Gasteiger partial charge in [-0.2, -0.15) is 0 Å². The number of aromatic carboxylic acids is 1. The fourth-order valence-electron chi connectivity index (χ4n) is 1.53. The molecule has 0 atom stereocenters. The first-order chi connectivity index (χ1) is 8.68. The Labute approximate surface area is 104 Å². The van der Waals surface area contributed by atoms with Gasteiger partial charge in [0.25, 0.3) is 0 Å². The first-order valence-electron chi connectivity index (χ1n) is 5.37. The molecule has 0 bridgehead atoms. The van der Waals surface area contributed by atoms with E-state index in [0.29, 0.717) is 18.8 Å². The van der Waals surface area contributed by atoms with Crippen molar-refractivity contribution in [3.05, 3.63) is 42.0 Å². The number of carbonyl (C=O) groups is 1. The summed E-state index contributed by atoms with van der Waals surface area (Å²) in [5.74, 6) is -0.148. The molecule has 0 saturated carbocycles. The maximum Gasteiger partial charge on any atom is 0.339 e. The van der Waals surface area contributed by atoms with Gasteiger partial charge in [0.1, 0.15) is 17.7 Å². The van der Waals surface area contributed by atoms with Crippen molar-refractivity contribution < 1.29 is 9.90 Å². The lowest BCUT2D eigenvalue weighted by molar-refractivity contribution is 0.0694. The number of aromatic nitrogens is 4. The van der Waals surface area contributed by atoms with Crippen LogP contribution in [0.15, 0.2) is 24.9 Å². The number of imidazole rings is 1. The van der Waals surface area contributed by atoms with E-state index in [1.165, 1.54) is 12.5 Å². The van der Waals surface area contributed by atoms with E-state index in [2.05, 4.69) is 20.3 Å². The van der Waals surface area contributed by atoms with Crippen LogP contribution in [0, 0.1) is 0 Å². The largest absolute Gasteiger partial charge is 0.478 e. The molecule has 0 spiro atoms. The normalized spacial score (nSPS) is 10.5. The van der Waals surface area contributed by atoms with Crippen molar-refractivity contribution in [3.8, 4) is 0 Å². The molecule has 2 heterocycles. The molecule has 0 amide bonds. The van der Waals surface area contributed by atoms with Crippen molar-refractivity contribution in [1.29, 1.82) is 0 Å². The van der Waals surface area contributed by atoms with Gasteiger partial charge in [-0.3, -0.25) is 0 Å². The van der Waals surface area contributed by atoms with E-state index >= 15 is 0 Å². The molecule has 94 valence electrons. The smallest absolute Gasteiger partial charge is 0.339 e. The van der Waals surface area contributed by atoms with E-state index in [1.54, 1.807) is 6.20 Å². The fourth-order valence-corrected chi connectivity index (χ4v) is 1.53. The minimum Gasteiger partial charge on any atom is -0.478 e. The Morgan fingerprint density at radius 3 is 2.94 bits per heavy atom. The molecule has 0 aromatic carbocycles. The van der Waals surface area contributed by atoms with Crippen LogP contribution in [0.4, 0.5) is 0 Å². The van der Waals surface area contributed by atoms with E-state index < -0.39 is 5.97 Å². The van der Waals surface area contributed by atoms with Gasteiger partial charge in [0, 0.05) is 32.2 Å². The first kappa shape index (κ1) is 12.2. The highest BCUT2D eigenvalue weighted by Crippen LogP contribution is 2.03. The van der Waals surface area contributed by atoms with Crippen LogP contribution in [-0.2, 0) is 20.1 Å². The number of hydrogen-bond donors (Lipinski definition) is 2. The fraction of sp³-hybridized carbons (Fsp3) is 0.273. The topological polar surface area (TPSA) is 92.9 Å². The monoisotopic (exact) mass is 247 g/mol. The SMILES string of the molecule is Cn1ccnc1CNCc1ncncc1C(=O)O. The second-order valence-corrected chi connectivity index (χ2v) is 3.75. The van der Waals surface area contributed by atoms with Crippen molar-refractivity contribution >= 4 is 5.97 Å². The van der Waals surface area contributed by atoms with Gasteiger partial charge in [-0.15, -0.1) is 0 Å². The first-order valence-corrected chi connectivity index (χ1v) is 5.37. The lowest BCUT2D eigenvalue weighted by atomic mass is 10.2. The van der Waals surface area contributed by atoms with Crippen molar-refractivity contribution in [2.24, 2.45) is 7.05 Å². The van der Waals surface area contributed by atoms with Gasteiger partial charge >= 0.3 is 5.97 Å². The molecule has 0 fully saturated rings. The summed E-state index contributed by atoms with van der Waals surface area (Å²) in [6.45, 7) is 0.906. The van der Waals surface area contributed by atoms with E-state index in [-0.39, 0.29) is 5.56 Å². The van der Waals surface area contributed by atoms with Gasteiger partial charge in [0.05, 0.1) is 12.2 Å². The Hall–Kier alpha value is -2.28. The van der Waals surface area contributed by atoms with Gasteiger partial charge in [0.15, 0.2) is 0 Å². The zero-order valence-corrected chi connectivity index (χ0v) is 9.87. The Kier molecular flexibility index (Phi) is 3.63. The highest BCUT2D eigenvalue weighted by molar-refractivity contribution is 5.88. The summed E-state index contributed by atoms with van der Waals surface area (Å²) in [5, 5.41) is 12.1. The lowest BCUT2D eigenvalue weighted by Gasteiger charge is -2.06. The van der Waals surface area contributed by atoms with Crippen molar-refractivity contribution in [2.45, 2.75) is 13.1 Å². The van der Waals surface area contributed by atoms with Gasteiger partial charge in [-0.05, 0) is 0 Å². The van der Waals surface area contributed by atoms with Crippen LogP contribution in [0.3, 0.4) is 0 Å². The lowest BCUT2D eigenvalue weighted by Crippen LogP contribution is -2.19. The minimum absolute atomic E-state index is 0.116. The summed E-state index contributed by atoms with van der Waals surface area (Å²) in [6, 6.07) is 0. The molecule has 0 aliphatic carbocycles. The molecule has 7 nitrogen and oxygen atoms in total. The van der Waals surface area contributed by atoms with Crippen molar-refractivity contribution in [3.63, 3.8) is 0 Å². The molecule has 2 aromatic rings. The second-order valence-electron chi connectivity index (χ2n) is 3.75. The van der Waals surface area contributed by atoms with Crippen molar-refractivity contribution in [1.82, 2.24) is 24.8 Å². The Bertz CT molecular complexity index is 552. The minimum atomic E-state index is -1.02. The van der Waals surface area contributed by atoms with Crippen LogP contribution in [0.25, 0.3) is 0 Å². The molecule has 0 saturated heterocycles. The number of carboxylic acid groups (broad SMARTS) is 1. The summed E-state index contributed by atoms with van der Waals surface area (Å²) >= 11 is 0. The molecule has 0 aliphatic rings. The van der Waals surface area contributed by atoms with Gasteiger partial charge in [-0.1, -0.05) is 0 Å². The Balaban J connectivity index is 1.99. The van der Waals surface area contributed by atoms with Gasteiger partial charge in [-0.25, -0.2) is 19.7 Å². The summed E-state index contributed by atoms with van der Waals surface area (Å²) in [6.07, 6.45) is 6.20. The average Bonchev–Trinajstić information content (AvgIpc) is 2.76. The average molecular weight is 247 g/mol. The Morgan fingerprint density at radius 2 is 2.28 bits per heavy atom. The summed E-state index contributed by atoms with van der Waals surface area (Å²) in [4.78, 5) is 22.8. The van der Waals surface area contributed by atoms with Crippen LogP contribution in [0.5, 0.6) is 0 Å². The van der Waals surface area contributed by atoms with Crippen LogP contribution < -0.4 is 5.32 Å². The number of aryl methyl sites for hydroxylation is 1. The zero-order valence-electron chi connectivity index (χ0n) is 9.87. The van der Waals surface area contributed by atoms with Crippen LogP contribution in [0.2, 0.25) is 0 Å². The van der Waals surface area contributed by atoms with Gasteiger partial charge in [0.2, 0.25) is 0 Å². The summed E-state index contributed by atoms with van der Waals surface area (Å²) in [5.41, 5.74) is 0.580. The number of nitrogens with zero attached hydrogens (tertiary/aromatic N) is 4. The molecule has 2 aromatic heterocycles. The van der Waals surface area contributed by atoms with E-state index in [4.69, 9.17) is 5.11 Å². The van der Waals surface area contributed by atoms with Gasteiger partial charge < -0.3 is 15.0 Å². The quantitative estimate of drug-likeness (QED) is 0.784. The maximum absolute atomic E-state index is 10.9. The number of hydrogen-bond acceptors (Lipinski definition) is 5. The predicted octanol–water partition coefficient (Wildman–Crippen LogP) is 0.198. The molecule has 0 unspecified atom stereocenters. The van der Waals surface area contributed by atoms with E-state index in [9.17, 15) is 4.79 Å². The third kappa shape index (κ3) is 2.69. The molecule has 0 radical (unpaired) electrons. The molecule has 2 rings (SSSR count). The molecule has 7 heteroatoms. The molecule has 18 heavy (non-hydrogen) atoms. The predicted molar refractivity (Wildman–Crippen MR) is 62.7 cm³/mol. The van der Waals surface area contributed by atoms with Crippen LogP contribution >= 0.6 is 0 Å². The summed E-state index contributed by atoms with van der Waals surface area (Å²) < 4.78 is 1.89. The highest BCUT2D eigenvalue weighted by Gasteiger charge is 2.10. The molecule has 2 N–H and O–H groups in total.